The van der Waals surface area contributed by atoms with Gasteiger partial charge < -0.3 is 9.80 Å². The Bertz CT molecular complexity index is 1520. The van der Waals surface area contributed by atoms with Crippen LogP contribution in [-0.4, -0.2) is 104 Å². The van der Waals surface area contributed by atoms with Crippen LogP contribution in [0.15, 0.2) is 42.5 Å². The van der Waals surface area contributed by atoms with Gasteiger partial charge in [0, 0.05) is 52.2 Å². The van der Waals surface area contributed by atoms with Gasteiger partial charge in [0.05, 0.1) is 35.4 Å². The van der Waals surface area contributed by atoms with E-state index in [1.54, 1.807) is 4.90 Å². The van der Waals surface area contributed by atoms with Gasteiger partial charge in [-0.15, -0.1) is 0 Å². The number of hydrogen-bond donors (Lipinski definition) is 0. The first-order valence-electron chi connectivity index (χ1n) is 14.4. The first-order chi connectivity index (χ1) is 21.1. The molecule has 16 heteroatoms. The Morgan fingerprint density at radius 1 is 0.848 bits per heavy atom. The molecule has 0 radical (unpaired) electrons. The van der Waals surface area contributed by atoms with E-state index >= 15 is 0 Å². The Morgan fingerprint density at radius 3 is 1.83 bits per heavy atom. The highest BCUT2D eigenvalue weighted by Crippen LogP contribution is 2.40. The minimum absolute atomic E-state index is 0.000166. The summed E-state index contributed by atoms with van der Waals surface area (Å²) in [6, 6.07) is 5.74. The molecule has 2 aromatic carbocycles. The number of carbonyl (C=O) groups is 2. The maximum absolute atomic E-state index is 13.9. The quantitative estimate of drug-likeness (QED) is 0.411. The van der Waals surface area contributed by atoms with Crippen molar-refractivity contribution in [3.05, 3.63) is 70.5 Å². The molecule has 2 atom stereocenters. The number of sulfonamides is 1. The van der Waals surface area contributed by atoms with Crippen molar-refractivity contribution in [1.29, 1.82) is 0 Å². The van der Waals surface area contributed by atoms with Crippen LogP contribution in [0.2, 0.25) is 0 Å². The van der Waals surface area contributed by atoms with E-state index in [0.717, 1.165) is 6.26 Å². The van der Waals surface area contributed by atoms with Gasteiger partial charge in [-0.2, -0.15) is 30.6 Å². The summed E-state index contributed by atoms with van der Waals surface area (Å²) >= 11 is 0. The Balaban J connectivity index is 1.60. The van der Waals surface area contributed by atoms with Crippen molar-refractivity contribution in [3.8, 4) is 0 Å². The second-order valence-corrected chi connectivity index (χ2v) is 14.3. The third-order valence-electron chi connectivity index (χ3n) is 8.76. The van der Waals surface area contributed by atoms with Crippen LogP contribution in [0.4, 0.5) is 30.7 Å². The fourth-order valence-corrected chi connectivity index (χ4v) is 6.79. The molecule has 4 rings (SSSR count). The molecule has 0 unspecified atom stereocenters. The molecule has 0 bridgehead atoms. The Kier molecular flexibility index (Phi) is 9.87. The molecule has 8 nitrogen and oxygen atoms in total. The lowest BCUT2D eigenvalue weighted by atomic mass is 9.80. The molecule has 0 aliphatic carbocycles. The predicted octanol–water partition coefficient (Wildman–Crippen LogP) is 4.17. The van der Waals surface area contributed by atoms with Crippen molar-refractivity contribution in [2.75, 3.05) is 59.1 Å². The normalized spacial score (nSPS) is 20.6. The maximum Gasteiger partial charge on any atom is 0.416 e. The van der Waals surface area contributed by atoms with Crippen molar-refractivity contribution < 1.29 is 48.7 Å². The second-order valence-electron chi connectivity index (χ2n) is 12.3. The molecule has 2 aliphatic heterocycles. The van der Waals surface area contributed by atoms with Crippen LogP contribution in [0.25, 0.3) is 0 Å². The van der Waals surface area contributed by atoms with Gasteiger partial charge in [0.2, 0.25) is 21.8 Å². The molecule has 2 amide bonds. The third kappa shape index (κ3) is 7.82. The van der Waals surface area contributed by atoms with Crippen molar-refractivity contribution >= 4 is 21.8 Å². The van der Waals surface area contributed by atoms with E-state index in [4.69, 9.17) is 0 Å². The number of nitrogens with zero attached hydrogens (tertiary/aromatic N) is 4. The average molecular weight is 681 g/mol. The number of amides is 2. The molecule has 0 aromatic heterocycles. The molecule has 46 heavy (non-hydrogen) atoms. The van der Waals surface area contributed by atoms with Gasteiger partial charge in [-0.3, -0.25) is 14.5 Å². The van der Waals surface area contributed by atoms with E-state index in [-0.39, 0.29) is 44.7 Å². The summed E-state index contributed by atoms with van der Waals surface area (Å²) in [5.41, 5.74) is -4.83. The monoisotopic (exact) mass is 680 g/mol. The van der Waals surface area contributed by atoms with E-state index in [1.165, 1.54) is 59.3 Å². The summed E-state index contributed by atoms with van der Waals surface area (Å²) < 4.78 is 120. The zero-order chi connectivity index (χ0) is 34.4. The standard InChI is InChI=1S/C30H35F7N4O4S/c1-28(2,20-13-21(29(32,33)34)15-22(14-20)30(35,36)37)27(43)38(3)25-17-40(16-24(25)19-5-7-23(31)8-6-19)26(42)18-39-9-11-41(12-10-39)46(4,44)45/h5-8,13-15,24-25H,9-12,16-18H2,1-4H3/t24-,25+/m0/s1. The number of likely N-dealkylation sites (tertiary alicyclic amines) is 1. The van der Waals surface area contributed by atoms with Crippen LogP contribution in [0.5, 0.6) is 0 Å². The van der Waals surface area contributed by atoms with E-state index in [1.807, 2.05) is 0 Å². The zero-order valence-corrected chi connectivity index (χ0v) is 26.4. The Labute approximate surface area is 262 Å². The van der Waals surface area contributed by atoms with Gasteiger partial charge in [0.15, 0.2) is 0 Å². The van der Waals surface area contributed by atoms with Gasteiger partial charge in [0.1, 0.15) is 5.82 Å². The van der Waals surface area contributed by atoms with Crippen molar-refractivity contribution in [2.45, 2.75) is 43.6 Å². The first-order valence-corrected chi connectivity index (χ1v) is 16.2. The third-order valence-corrected chi connectivity index (χ3v) is 10.1. The summed E-state index contributed by atoms with van der Waals surface area (Å²) in [7, 11) is -2.00. The number of alkyl halides is 6. The highest BCUT2D eigenvalue weighted by molar-refractivity contribution is 7.88. The van der Waals surface area contributed by atoms with Crippen LogP contribution in [0, 0.1) is 5.82 Å². The summed E-state index contributed by atoms with van der Waals surface area (Å²) in [6.07, 6.45) is -9.09. The van der Waals surface area contributed by atoms with E-state index < -0.39 is 68.2 Å². The molecule has 2 heterocycles. The lowest BCUT2D eigenvalue weighted by molar-refractivity contribution is -0.144. The van der Waals surface area contributed by atoms with Crippen LogP contribution >= 0.6 is 0 Å². The van der Waals surface area contributed by atoms with Gasteiger partial charge in [-0.25, -0.2) is 12.8 Å². The molecular formula is C30H35F7N4O4S. The fraction of sp³-hybridized carbons (Fsp3) is 0.533. The van der Waals surface area contributed by atoms with Gasteiger partial charge in [-0.1, -0.05) is 12.1 Å². The number of piperazine rings is 1. The lowest BCUT2D eigenvalue weighted by Crippen LogP contribution is -2.51. The summed E-state index contributed by atoms with van der Waals surface area (Å²) in [6.45, 7) is 3.62. The molecule has 2 aliphatic rings. The summed E-state index contributed by atoms with van der Waals surface area (Å²) in [4.78, 5) is 31.9. The Morgan fingerprint density at radius 2 is 1.35 bits per heavy atom. The van der Waals surface area contributed by atoms with Gasteiger partial charge in [0.25, 0.3) is 0 Å². The summed E-state index contributed by atoms with van der Waals surface area (Å²) in [5, 5.41) is 0. The largest absolute Gasteiger partial charge is 0.416 e. The zero-order valence-electron chi connectivity index (χ0n) is 25.6. The molecule has 0 saturated carbocycles. The fourth-order valence-electron chi connectivity index (χ4n) is 5.96. The average Bonchev–Trinajstić information content (AvgIpc) is 3.41. The Hall–Kier alpha value is -3.24. The lowest BCUT2D eigenvalue weighted by Gasteiger charge is -2.36. The molecule has 2 saturated heterocycles. The molecule has 254 valence electrons. The molecule has 0 N–H and O–H groups in total. The van der Waals surface area contributed by atoms with E-state index in [2.05, 4.69) is 0 Å². The van der Waals surface area contributed by atoms with Crippen molar-refractivity contribution in [3.63, 3.8) is 0 Å². The van der Waals surface area contributed by atoms with Gasteiger partial charge >= 0.3 is 12.4 Å². The smallest absolute Gasteiger partial charge is 0.340 e. The van der Waals surface area contributed by atoms with Crippen LogP contribution < -0.4 is 0 Å². The molecule has 2 aromatic rings. The number of halogens is 7. The second kappa shape index (κ2) is 12.8. The van der Waals surface area contributed by atoms with E-state index in [9.17, 15) is 48.7 Å². The molecular weight excluding hydrogens is 645 g/mol. The van der Waals surface area contributed by atoms with E-state index in [0.29, 0.717) is 30.8 Å². The van der Waals surface area contributed by atoms with Crippen LogP contribution in [0.3, 0.4) is 0 Å². The van der Waals surface area contributed by atoms with Crippen LogP contribution in [0.1, 0.15) is 42.0 Å². The molecule has 0 spiro atoms. The predicted molar refractivity (Wildman–Crippen MR) is 155 cm³/mol. The summed E-state index contributed by atoms with van der Waals surface area (Å²) in [5.74, 6) is -2.16. The van der Waals surface area contributed by atoms with Crippen LogP contribution in [-0.2, 0) is 37.4 Å². The number of rotatable bonds is 7. The number of carbonyl (C=O) groups excluding carboxylic acids is 2. The minimum atomic E-state index is -5.10. The van der Waals surface area contributed by atoms with Crippen molar-refractivity contribution in [2.24, 2.45) is 0 Å². The molecule has 2 fully saturated rings. The number of hydrogen-bond acceptors (Lipinski definition) is 5. The van der Waals surface area contributed by atoms with Crippen molar-refractivity contribution in [1.82, 2.24) is 19.0 Å². The highest BCUT2D eigenvalue weighted by Gasteiger charge is 2.45. The minimum Gasteiger partial charge on any atom is -0.340 e. The number of likely N-dealkylation sites (N-methyl/N-ethyl adjacent to an activating group) is 1. The van der Waals surface area contributed by atoms with Gasteiger partial charge in [-0.05, 0) is 55.3 Å². The first kappa shape index (κ1) is 35.6. The maximum atomic E-state index is 13.9. The topological polar surface area (TPSA) is 81.2 Å². The highest BCUT2D eigenvalue weighted by atomic mass is 32.2. The SMILES string of the molecule is CN(C(=O)C(C)(C)c1cc(C(F)(F)F)cc(C(F)(F)F)c1)[C@@H]1CN(C(=O)CN2CCN(S(C)(=O)=O)CC2)C[C@H]1c1ccc(F)cc1. The number of benzene rings is 2.